The molecule has 1 radical (unpaired) electrons. The van der Waals surface area contributed by atoms with E-state index in [1.807, 2.05) is 60.7 Å². The van der Waals surface area contributed by atoms with E-state index in [2.05, 4.69) is 39.5 Å². The van der Waals surface area contributed by atoms with Gasteiger partial charge < -0.3 is 42.9 Å². The van der Waals surface area contributed by atoms with Crippen LogP contribution in [-0.4, -0.2) is 76.5 Å². The SMILES string of the molecule is N[C@@H](Cc1ccccc1)C(=O)O.N[C@@H](Cc1ccccc1)C(=O)O.[Mn].c1cc2nc(c1)CN[C@H]1CCCC[C@@H]1NCCN[C@H]1CCCC[C@@H]1NC2. The first kappa shape index (κ1) is 42.2. The summed E-state index contributed by atoms with van der Waals surface area (Å²) in [6.07, 6.45) is 11.3. The van der Waals surface area contributed by atoms with Crippen LogP contribution in [0.1, 0.15) is 73.9 Å². The molecule has 10 N–H and O–H groups in total. The van der Waals surface area contributed by atoms with E-state index >= 15 is 0 Å². The smallest absolute Gasteiger partial charge is 0.320 e. The summed E-state index contributed by atoms with van der Waals surface area (Å²) in [6.45, 7) is 3.89. The molecule has 3 aromatic rings. The van der Waals surface area contributed by atoms with Gasteiger partial charge in [0, 0.05) is 67.4 Å². The summed E-state index contributed by atoms with van der Waals surface area (Å²) < 4.78 is 0. The van der Waals surface area contributed by atoms with Crippen molar-refractivity contribution in [1.29, 1.82) is 0 Å². The Bertz CT molecular complexity index is 1320. The van der Waals surface area contributed by atoms with E-state index in [-0.39, 0.29) is 17.1 Å². The molecule has 1 aromatic heterocycles. The summed E-state index contributed by atoms with van der Waals surface area (Å²) in [4.78, 5) is 25.7. The summed E-state index contributed by atoms with van der Waals surface area (Å²) in [7, 11) is 0. The summed E-state index contributed by atoms with van der Waals surface area (Å²) in [5.74, 6) is -1.92. The molecule has 0 unspecified atom stereocenters. The molecule has 1 aliphatic heterocycles. The van der Waals surface area contributed by atoms with Gasteiger partial charge in [0.2, 0.25) is 0 Å². The van der Waals surface area contributed by atoms with Gasteiger partial charge in [0.15, 0.2) is 0 Å². The number of carboxylic acid groups (broad SMARTS) is 2. The Morgan fingerprint density at radius 2 is 0.941 bits per heavy atom. The molecule has 51 heavy (non-hydrogen) atoms. The number of pyridine rings is 1. The fourth-order valence-corrected chi connectivity index (χ4v) is 6.86. The maximum Gasteiger partial charge on any atom is 0.320 e. The van der Waals surface area contributed by atoms with Crippen molar-refractivity contribution < 1.29 is 36.9 Å². The van der Waals surface area contributed by atoms with Gasteiger partial charge in [-0.3, -0.25) is 14.6 Å². The van der Waals surface area contributed by atoms with Crippen LogP contribution in [0.15, 0.2) is 78.9 Å². The van der Waals surface area contributed by atoms with E-state index in [0.717, 1.165) is 37.3 Å². The standard InChI is InChI=1S/C21H35N5.2C9H11NO2.Mn/c1-3-10-20-18(8-1)22-12-13-23-19-9-2-4-11-21(19)25-15-17-7-5-6-16(26-17)14-24-20;2*10-8(9(11)12)6-7-4-2-1-3-5-7;/h5-7,18-25H,1-4,8-15H2;2*1-5,8H,6,10H2,(H,11,12);/t18-,19-,20-,21-;2*8-;/m000./s1. The number of aromatic nitrogens is 1. The number of aliphatic carboxylic acids is 2. The Morgan fingerprint density at radius 1 is 0.588 bits per heavy atom. The number of carboxylic acids is 2. The molecule has 0 saturated heterocycles. The fourth-order valence-electron chi connectivity index (χ4n) is 6.86. The van der Waals surface area contributed by atoms with Gasteiger partial charge in [-0.05, 0) is 61.8 Å². The van der Waals surface area contributed by atoms with Gasteiger partial charge >= 0.3 is 11.9 Å². The molecule has 2 bridgehead atoms. The molecule has 3 aliphatic rings. The van der Waals surface area contributed by atoms with Gasteiger partial charge in [-0.2, -0.15) is 0 Å². The summed E-state index contributed by atoms with van der Waals surface area (Å²) in [5, 5.41) is 32.3. The number of benzene rings is 2. The van der Waals surface area contributed by atoms with Crippen LogP contribution >= 0.6 is 0 Å². The van der Waals surface area contributed by atoms with Gasteiger partial charge in [0.1, 0.15) is 12.1 Å². The van der Waals surface area contributed by atoms with Gasteiger partial charge in [-0.25, -0.2) is 0 Å². The van der Waals surface area contributed by atoms with Crippen LogP contribution in [0.3, 0.4) is 0 Å². The van der Waals surface area contributed by atoms with Crippen molar-refractivity contribution in [1.82, 2.24) is 26.3 Å². The van der Waals surface area contributed by atoms with Crippen LogP contribution < -0.4 is 32.7 Å². The predicted molar refractivity (Wildman–Crippen MR) is 198 cm³/mol. The molecule has 2 aliphatic carbocycles. The molecule has 11 nitrogen and oxygen atoms in total. The van der Waals surface area contributed by atoms with Crippen molar-refractivity contribution in [2.45, 2.75) is 114 Å². The maximum atomic E-state index is 10.4. The second-order valence-corrected chi connectivity index (χ2v) is 13.6. The van der Waals surface area contributed by atoms with Crippen LogP contribution in [0.4, 0.5) is 0 Å². The number of rotatable bonds is 6. The Morgan fingerprint density at radius 3 is 1.29 bits per heavy atom. The number of hydrogen-bond acceptors (Lipinski definition) is 9. The average molecular weight is 743 g/mol. The number of nitrogens with zero attached hydrogens (tertiary/aromatic N) is 1. The minimum atomic E-state index is -0.959. The van der Waals surface area contributed by atoms with Crippen molar-refractivity contribution in [2.24, 2.45) is 11.5 Å². The zero-order valence-electron chi connectivity index (χ0n) is 29.6. The number of nitrogens with one attached hydrogen (secondary N) is 4. The third kappa shape index (κ3) is 15.5. The second kappa shape index (κ2) is 23.4. The number of carbonyl (C=O) groups is 2. The number of fused-ring (bicyclic) bond motifs is 4. The molecule has 6 rings (SSSR count). The van der Waals surface area contributed by atoms with Crippen LogP contribution in [0.5, 0.6) is 0 Å². The fraction of sp³-hybridized carbons (Fsp3) is 0.513. The molecule has 2 saturated carbocycles. The van der Waals surface area contributed by atoms with Gasteiger partial charge in [-0.1, -0.05) is 92.4 Å². The van der Waals surface area contributed by atoms with Crippen LogP contribution in [-0.2, 0) is 52.6 Å². The average Bonchev–Trinajstić information content (AvgIpc) is 3.14. The third-order valence-electron chi connectivity index (χ3n) is 9.66. The Labute approximate surface area is 313 Å². The van der Waals surface area contributed by atoms with E-state index in [4.69, 9.17) is 26.7 Å². The molecule has 2 heterocycles. The molecule has 0 spiro atoms. The van der Waals surface area contributed by atoms with Gasteiger partial charge in [0.25, 0.3) is 0 Å². The van der Waals surface area contributed by atoms with Crippen molar-refractivity contribution in [3.63, 3.8) is 0 Å². The van der Waals surface area contributed by atoms with Crippen molar-refractivity contribution in [3.05, 3.63) is 101 Å². The van der Waals surface area contributed by atoms with Crippen LogP contribution in [0.25, 0.3) is 0 Å². The van der Waals surface area contributed by atoms with Crippen LogP contribution in [0.2, 0.25) is 0 Å². The Kier molecular flexibility index (Phi) is 19.4. The molecular formula is C39H57MnN7O4. The zero-order chi connectivity index (χ0) is 35.6. The quantitative estimate of drug-likeness (QED) is 0.173. The Balaban J connectivity index is 0.000000235. The van der Waals surface area contributed by atoms with Crippen molar-refractivity contribution in [2.75, 3.05) is 13.1 Å². The van der Waals surface area contributed by atoms with E-state index < -0.39 is 24.0 Å². The Hall–Kier alpha value is -3.19. The van der Waals surface area contributed by atoms with E-state index in [0.29, 0.717) is 37.0 Å². The molecule has 0 amide bonds. The molecule has 2 aromatic carbocycles. The third-order valence-corrected chi connectivity index (χ3v) is 9.66. The van der Waals surface area contributed by atoms with Crippen molar-refractivity contribution >= 4 is 11.9 Å². The minimum Gasteiger partial charge on any atom is -0.480 e. The van der Waals surface area contributed by atoms with E-state index in [9.17, 15) is 9.59 Å². The van der Waals surface area contributed by atoms with E-state index in [1.165, 1.54) is 62.8 Å². The normalized spacial score (nSPS) is 23.2. The molecular weight excluding hydrogens is 685 g/mol. The van der Waals surface area contributed by atoms with Crippen molar-refractivity contribution in [3.8, 4) is 0 Å². The molecule has 2 fully saturated rings. The topological polar surface area (TPSA) is 188 Å². The first-order valence-electron chi connectivity index (χ1n) is 18.2. The second-order valence-electron chi connectivity index (χ2n) is 13.6. The maximum absolute atomic E-state index is 10.4. The van der Waals surface area contributed by atoms with Gasteiger partial charge in [0.05, 0.1) is 11.4 Å². The molecule has 6 atom stereocenters. The summed E-state index contributed by atoms with van der Waals surface area (Å²) in [6, 6.07) is 25.9. The zero-order valence-corrected chi connectivity index (χ0v) is 30.7. The van der Waals surface area contributed by atoms with Gasteiger partial charge in [-0.15, -0.1) is 0 Å². The molecule has 279 valence electrons. The minimum absolute atomic E-state index is 0. The van der Waals surface area contributed by atoms with E-state index in [1.54, 1.807) is 0 Å². The van der Waals surface area contributed by atoms with Crippen LogP contribution in [0, 0.1) is 0 Å². The summed E-state index contributed by atoms with van der Waals surface area (Å²) in [5.41, 5.74) is 14.9. The first-order valence-corrected chi connectivity index (χ1v) is 18.2. The summed E-state index contributed by atoms with van der Waals surface area (Å²) >= 11 is 0. The largest absolute Gasteiger partial charge is 0.480 e. The number of hydrogen-bond donors (Lipinski definition) is 8. The first-order chi connectivity index (χ1) is 24.3. The predicted octanol–water partition coefficient (Wildman–Crippen LogP) is 3.36. The number of nitrogens with two attached hydrogens (primary N) is 2. The molecule has 12 heteroatoms. The monoisotopic (exact) mass is 742 g/mol.